The molecular formula is C25H30N4O3S. The number of amides is 1. The predicted octanol–water partition coefficient (Wildman–Crippen LogP) is 4.73. The number of methoxy groups -OCH3 is 1. The first kappa shape index (κ1) is 23.2. The molecule has 1 aliphatic rings. The molecule has 0 saturated carbocycles. The fourth-order valence-corrected chi connectivity index (χ4v) is 4.54. The predicted molar refractivity (Wildman–Crippen MR) is 135 cm³/mol. The molecule has 8 heteroatoms. The van der Waals surface area contributed by atoms with Gasteiger partial charge in [0.05, 0.1) is 10.9 Å². The van der Waals surface area contributed by atoms with E-state index in [1.807, 2.05) is 12.1 Å². The second-order valence-corrected chi connectivity index (χ2v) is 8.78. The second kappa shape index (κ2) is 10.8. The average molecular weight is 467 g/mol. The van der Waals surface area contributed by atoms with Gasteiger partial charge in [0, 0.05) is 50.3 Å². The Morgan fingerprint density at radius 2 is 1.82 bits per heavy atom. The quantitative estimate of drug-likeness (QED) is 0.389. The van der Waals surface area contributed by atoms with Crippen LogP contribution in [0.25, 0.3) is 10.9 Å². The highest BCUT2D eigenvalue weighted by Crippen LogP contribution is 2.22. The summed E-state index contributed by atoms with van der Waals surface area (Å²) in [7, 11) is 1.63. The third-order valence-corrected chi connectivity index (χ3v) is 6.39. The Labute approximate surface area is 198 Å². The SMILES string of the molecule is COCCCn1c(=S)[nH]c2cc(C(=O)Nc3ccc(N4CCCCCC4)cc3)ccc2c1=O. The maximum atomic E-state index is 12.8. The zero-order valence-corrected chi connectivity index (χ0v) is 19.7. The Morgan fingerprint density at radius 1 is 1.09 bits per heavy atom. The van der Waals surface area contributed by atoms with E-state index in [9.17, 15) is 9.59 Å². The van der Waals surface area contributed by atoms with Gasteiger partial charge in [0.1, 0.15) is 0 Å². The van der Waals surface area contributed by atoms with E-state index < -0.39 is 0 Å². The minimum atomic E-state index is -0.233. The second-order valence-electron chi connectivity index (χ2n) is 8.40. The van der Waals surface area contributed by atoms with Crippen LogP contribution in [0.15, 0.2) is 47.3 Å². The first-order valence-corrected chi connectivity index (χ1v) is 11.9. The van der Waals surface area contributed by atoms with Crippen molar-refractivity contribution in [3.63, 3.8) is 0 Å². The summed E-state index contributed by atoms with van der Waals surface area (Å²) < 4.78 is 6.93. The Hall–Kier alpha value is -2.97. The molecule has 2 N–H and O–H groups in total. The molecule has 2 heterocycles. The van der Waals surface area contributed by atoms with Gasteiger partial charge in [-0.2, -0.15) is 0 Å². The highest BCUT2D eigenvalue weighted by atomic mass is 32.1. The number of H-pyrrole nitrogens is 1. The lowest BCUT2D eigenvalue weighted by atomic mass is 10.1. The van der Waals surface area contributed by atoms with Crippen LogP contribution in [0.2, 0.25) is 0 Å². The number of anilines is 2. The van der Waals surface area contributed by atoms with Crippen LogP contribution in [0, 0.1) is 4.77 Å². The van der Waals surface area contributed by atoms with E-state index in [1.165, 1.54) is 35.9 Å². The molecule has 3 aromatic rings. The monoisotopic (exact) mass is 466 g/mol. The van der Waals surface area contributed by atoms with Gasteiger partial charge in [-0.05, 0) is 73.9 Å². The molecule has 1 saturated heterocycles. The maximum Gasteiger partial charge on any atom is 0.262 e. The van der Waals surface area contributed by atoms with E-state index >= 15 is 0 Å². The van der Waals surface area contributed by atoms with Gasteiger partial charge >= 0.3 is 0 Å². The molecule has 174 valence electrons. The van der Waals surface area contributed by atoms with Crippen LogP contribution in [0.4, 0.5) is 11.4 Å². The van der Waals surface area contributed by atoms with E-state index in [4.69, 9.17) is 17.0 Å². The van der Waals surface area contributed by atoms with Crippen molar-refractivity contribution in [2.24, 2.45) is 0 Å². The van der Waals surface area contributed by atoms with Crippen LogP contribution in [0.5, 0.6) is 0 Å². The number of hydrogen-bond donors (Lipinski definition) is 2. The van der Waals surface area contributed by atoms with E-state index in [0.29, 0.717) is 40.8 Å². The van der Waals surface area contributed by atoms with Crippen LogP contribution in [0.1, 0.15) is 42.5 Å². The van der Waals surface area contributed by atoms with Crippen molar-refractivity contribution in [2.75, 3.05) is 37.0 Å². The number of carbonyl (C=O) groups is 1. The molecule has 0 unspecified atom stereocenters. The molecule has 1 amide bonds. The standard InChI is InChI=1S/C25H30N4O3S/c1-32-16-6-15-29-24(31)21-12-7-18(17-22(21)27-25(29)33)23(30)26-19-8-10-20(11-9-19)28-13-4-2-3-5-14-28/h7-12,17H,2-6,13-16H2,1H3,(H,26,30)(H,27,33). The molecule has 0 aliphatic carbocycles. The van der Waals surface area contributed by atoms with E-state index in [1.54, 1.807) is 25.3 Å². The number of aromatic nitrogens is 2. The number of benzene rings is 2. The van der Waals surface area contributed by atoms with E-state index in [0.717, 1.165) is 18.8 Å². The number of nitrogens with one attached hydrogen (secondary N) is 2. The summed E-state index contributed by atoms with van der Waals surface area (Å²) >= 11 is 5.37. The number of carbonyl (C=O) groups excluding carboxylic acids is 1. The van der Waals surface area contributed by atoms with Gasteiger partial charge in [-0.15, -0.1) is 0 Å². The first-order chi connectivity index (χ1) is 16.1. The lowest BCUT2D eigenvalue weighted by Gasteiger charge is -2.22. The number of hydrogen-bond acceptors (Lipinski definition) is 5. The number of aromatic amines is 1. The molecule has 2 aromatic carbocycles. The average Bonchev–Trinajstić information content (AvgIpc) is 3.11. The summed E-state index contributed by atoms with van der Waals surface area (Å²) in [4.78, 5) is 31.2. The fourth-order valence-electron chi connectivity index (χ4n) is 4.25. The van der Waals surface area contributed by atoms with Gasteiger partial charge in [-0.1, -0.05) is 12.8 Å². The fraction of sp³-hybridized carbons (Fsp3) is 0.400. The van der Waals surface area contributed by atoms with Gasteiger partial charge in [0.2, 0.25) is 0 Å². The van der Waals surface area contributed by atoms with Crippen LogP contribution < -0.4 is 15.8 Å². The summed E-state index contributed by atoms with van der Waals surface area (Å²) in [6.45, 7) is 3.20. The summed E-state index contributed by atoms with van der Waals surface area (Å²) in [5.41, 5.74) is 2.77. The van der Waals surface area contributed by atoms with Gasteiger partial charge in [0.15, 0.2) is 4.77 Å². The molecule has 1 aromatic heterocycles. The van der Waals surface area contributed by atoms with Gasteiger partial charge in [-0.3, -0.25) is 14.2 Å². The van der Waals surface area contributed by atoms with Gasteiger partial charge in [0.25, 0.3) is 11.5 Å². The molecule has 7 nitrogen and oxygen atoms in total. The Kier molecular flexibility index (Phi) is 7.57. The normalized spacial score (nSPS) is 14.3. The Bertz CT molecular complexity index is 1230. The topological polar surface area (TPSA) is 79.4 Å². The van der Waals surface area contributed by atoms with E-state index in [2.05, 4.69) is 27.3 Å². The van der Waals surface area contributed by atoms with Crippen molar-refractivity contribution in [1.29, 1.82) is 0 Å². The highest BCUT2D eigenvalue weighted by Gasteiger charge is 2.13. The molecule has 33 heavy (non-hydrogen) atoms. The molecule has 0 spiro atoms. The lowest BCUT2D eigenvalue weighted by Crippen LogP contribution is -2.23. The van der Waals surface area contributed by atoms with Crippen molar-refractivity contribution >= 4 is 40.4 Å². The number of ether oxygens (including phenoxy) is 1. The summed E-state index contributed by atoms with van der Waals surface area (Å²) in [5.74, 6) is -0.233. The largest absolute Gasteiger partial charge is 0.385 e. The van der Waals surface area contributed by atoms with Crippen LogP contribution in [0.3, 0.4) is 0 Å². The smallest absolute Gasteiger partial charge is 0.262 e. The van der Waals surface area contributed by atoms with Crippen molar-refractivity contribution in [3.8, 4) is 0 Å². The number of fused-ring (bicyclic) bond motifs is 1. The molecule has 1 aliphatic heterocycles. The highest BCUT2D eigenvalue weighted by molar-refractivity contribution is 7.71. The number of rotatable bonds is 7. The van der Waals surface area contributed by atoms with Crippen LogP contribution in [-0.4, -0.2) is 42.3 Å². The first-order valence-electron chi connectivity index (χ1n) is 11.5. The summed E-state index contributed by atoms with van der Waals surface area (Å²) in [6, 6.07) is 13.0. The summed E-state index contributed by atoms with van der Waals surface area (Å²) in [5, 5.41) is 3.45. The Balaban J connectivity index is 1.49. The molecule has 0 atom stereocenters. The lowest BCUT2D eigenvalue weighted by molar-refractivity contribution is 0.102. The number of nitrogens with zero attached hydrogens (tertiary/aromatic N) is 2. The minimum Gasteiger partial charge on any atom is -0.385 e. The molecule has 0 bridgehead atoms. The van der Waals surface area contributed by atoms with Crippen molar-refractivity contribution in [2.45, 2.75) is 38.6 Å². The van der Waals surface area contributed by atoms with Crippen molar-refractivity contribution < 1.29 is 9.53 Å². The minimum absolute atomic E-state index is 0.166. The molecule has 0 radical (unpaired) electrons. The maximum absolute atomic E-state index is 12.8. The summed E-state index contributed by atoms with van der Waals surface area (Å²) in [6.07, 6.45) is 5.73. The van der Waals surface area contributed by atoms with Crippen molar-refractivity contribution in [3.05, 3.63) is 63.2 Å². The van der Waals surface area contributed by atoms with Crippen LogP contribution in [-0.2, 0) is 11.3 Å². The molecular weight excluding hydrogens is 436 g/mol. The molecule has 1 fully saturated rings. The zero-order chi connectivity index (χ0) is 23.2. The van der Waals surface area contributed by atoms with E-state index in [-0.39, 0.29) is 11.5 Å². The zero-order valence-electron chi connectivity index (χ0n) is 18.9. The van der Waals surface area contributed by atoms with Crippen LogP contribution >= 0.6 is 12.2 Å². The van der Waals surface area contributed by atoms with Gasteiger partial charge < -0.3 is 19.9 Å². The third-order valence-electron chi connectivity index (χ3n) is 6.07. The Morgan fingerprint density at radius 3 is 2.52 bits per heavy atom. The van der Waals surface area contributed by atoms with Gasteiger partial charge in [-0.25, -0.2) is 0 Å². The molecule has 4 rings (SSSR count). The third kappa shape index (κ3) is 5.51. The van der Waals surface area contributed by atoms with Crippen molar-refractivity contribution in [1.82, 2.24) is 9.55 Å².